The molecular weight excluding hydrogens is 354 g/mol. The van der Waals surface area contributed by atoms with Gasteiger partial charge in [-0.3, -0.25) is 9.59 Å². The van der Waals surface area contributed by atoms with Crippen LogP contribution in [-0.2, 0) is 9.59 Å². The van der Waals surface area contributed by atoms with Crippen molar-refractivity contribution in [2.45, 2.75) is 19.8 Å². The average Bonchev–Trinajstić information content (AvgIpc) is 2.62. The predicted molar refractivity (Wildman–Crippen MR) is 103 cm³/mol. The maximum Gasteiger partial charge on any atom is 0.240 e. The Bertz CT molecular complexity index is 821. The number of nitrogens with zero attached hydrogens (tertiary/aromatic N) is 1. The molecule has 0 unspecified atom stereocenters. The zero-order valence-electron chi connectivity index (χ0n) is 14.6. The summed E-state index contributed by atoms with van der Waals surface area (Å²) in [7, 11) is 1.58. The normalized spacial score (nSPS) is 10.6. The Kier molecular flexibility index (Phi) is 7.17. The van der Waals surface area contributed by atoms with Crippen LogP contribution in [0.25, 0.3) is 0 Å². The number of carbonyl (C=O) groups excluding carboxylic acids is 2. The topological polar surface area (TPSA) is 79.8 Å². The van der Waals surface area contributed by atoms with Crippen LogP contribution in [0.3, 0.4) is 0 Å². The molecule has 2 N–H and O–H groups in total. The standard InChI is InChI=1S/C19H20ClN3O3/c1-13-10-15(20)6-7-17(13)22-18(24)8-9-19(25)23-21-12-14-4-3-5-16(11-14)26-2/h3-7,10-12H,8-9H2,1-2H3,(H,22,24)(H,23,25). The zero-order valence-corrected chi connectivity index (χ0v) is 15.3. The lowest BCUT2D eigenvalue weighted by molar-refractivity contribution is -0.124. The molecule has 0 aliphatic carbocycles. The number of carbonyl (C=O) groups is 2. The maximum atomic E-state index is 11.9. The molecular formula is C19H20ClN3O3. The van der Waals surface area contributed by atoms with E-state index in [1.807, 2.05) is 25.1 Å². The fraction of sp³-hybridized carbons (Fsp3) is 0.211. The van der Waals surface area contributed by atoms with E-state index in [2.05, 4.69) is 15.8 Å². The summed E-state index contributed by atoms with van der Waals surface area (Å²) in [6, 6.07) is 12.5. The summed E-state index contributed by atoms with van der Waals surface area (Å²) in [6.45, 7) is 1.85. The van der Waals surface area contributed by atoms with Crippen LogP contribution in [0, 0.1) is 6.92 Å². The Hall–Kier alpha value is -2.86. The third kappa shape index (κ3) is 6.22. The van der Waals surface area contributed by atoms with Crippen molar-refractivity contribution >= 4 is 35.3 Å². The molecule has 0 bridgehead atoms. The SMILES string of the molecule is COc1cccc(C=NNC(=O)CCC(=O)Nc2ccc(Cl)cc2C)c1. The molecule has 0 radical (unpaired) electrons. The van der Waals surface area contributed by atoms with Gasteiger partial charge >= 0.3 is 0 Å². The van der Waals surface area contributed by atoms with E-state index < -0.39 is 0 Å². The number of anilines is 1. The van der Waals surface area contributed by atoms with Crippen molar-refractivity contribution in [2.75, 3.05) is 12.4 Å². The summed E-state index contributed by atoms with van der Waals surface area (Å²) in [6.07, 6.45) is 1.61. The number of nitrogens with one attached hydrogen (secondary N) is 2. The van der Waals surface area contributed by atoms with Crippen molar-refractivity contribution in [3.8, 4) is 5.75 Å². The molecule has 2 aromatic carbocycles. The molecule has 0 spiro atoms. The van der Waals surface area contributed by atoms with Crippen molar-refractivity contribution in [1.29, 1.82) is 0 Å². The Morgan fingerprint density at radius 2 is 1.92 bits per heavy atom. The molecule has 2 rings (SSSR count). The average molecular weight is 374 g/mol. The zero-order chi connectivity index (χ0) is 18.9. The highest BCUT2D eigenvalue weighted by Gasteiger charge is 2.08. The van der Waals surface area contributed by atoms with E-state index in [4.69, 9.17) is 16.3 Å². The number of rotatable bonds is 7. The summed E-state index contributed by atoms with van der Waals surface area (Å²) < 4.78 is 5.11. The molecule has 0 aliphatic heterocycles. The first kappa shape index (κ1) is 19.5. The van der Waals surface area contributed by atoms with Gasteiger partial charge < -0.3 is 10.1 Å². The molecule has 0 atom stereocenters. The van der Waals surface area contributed by atoms with Crippen LogP contribution in [0.1, 0.15) is 24.0 Å². The molecule has 2 amide bonds. The van der Waals surface area contributed by atoms with Crippen LogP contribution in [0.4, 0.5) is 5.69 Å². The third-order valence-electron chi connectivity index (χ3n) is 3.54. The van der Waals surface area contributed by atoms with Gasteiger partial charge in [0.15, 0.2) is 0 Å². The number of hydrogen-bond acceptors (Lipinski definition) is 4. The maximum absolute atomic E-state index is 11.9. The second kappa shape index (κ2) is 9.58. The molecule has 0 saturated carbocycles. The van der Waals surface area contributed by atoms with Crippen LogP contribution in [-0.4, -0.2) is 25.1 Å². The van der Waals surface area contributed by atoms with Crippen LogP contribution in [0.15, 0.2) is 47.6 Å². The van der Waals surface area contributed by atoms with Gasteiger partial charge in [0.2, 0.25) is 11.8 Å². The molecule has 0 saturated heterocycles. The number of amides is 2. The van der Waals surface area contributed by atoms with Gasteiger partial charge in [-0.2, -0.15) is 5.10 Å². The minimum absolute atomic E-state index is 0.0356. The molecule has 136 valence electrons. The summed E-state index contributed by atoms with van der Waals surface area (Å²) in [5, 5.41) is 7.24. The van der Waals surface area contributed by atoms with Crippen LogP contribution >= 0.6 is 11.6 Å². The first-order chi connectivity index (χ1) is 12.5. The molecule has 7 heteroatoms. The van der Waals surface area contributed by atoms with Gasteiger partial charge in [-0.05, 0) is 48.4 Å². The molecule has 0 aliphatic rings. The van der Waals surface area contributed by atoms with Gasteiger partial charge in [-0.25, -0.2) is 5.43 Å². The highest BCUT2D eigenvalue weighted by atomic mass is 35.5. The van der Waals surface area contributed by atoms with Gasteiger partial charge in [0.25, 0.3) is 0 Å². The third-order valence-corrected chi connectivity index (χ3v) is 3.77. The second-order valence-corrected chi connectivity index (χ2v) is 6.01. The van der Waals surface area contributed by atoms with Gasteiger partial charge in [-0.15, -0.1) is 0 Å². The van der Waals surface area contributed by atoms with E-state index in [9.17, 15) is 9.59 Å². The Morgan fingerprint density at radius 1 is 1.15 bits per heavy atom. The van der Waals surface area contributed by atoms with Crippen molar-refractivity contribution in [3.63, 3.8) is 0 Å². The lowest BCUT2D eigenvalue weighted by Gasteiger charge is -2.08. The molecule has 26 heavy (non-hydrogen) atoms. The minimum atomic E-state index is -0.341. The molecule has 0 heterocycles. The van der Waals surface area contributed by atoms with Crippen molar-refractivity contribution in [3.05, 3.63) is 58.6 Å². The predicted octanol–water partition coefficient (Wildman–Crippen LogP) is 3.53. The largest absolute Gasteiger partial charge is 0.497 e. The number of benzene rings is 2. The van der Waals surface area contributed by atoms with E-state index in [0.29, 0.717) is 16.5 Å². The van der Waals surface area contributed by atoms with Crippen LogP contribution < -0.4 is 15.5 Å². The van der Waals surface area contributed by atoms with E-state index in [0.717, 1.165) is 11.1 Å². The van der Waals surface area contributed by atoms with Crippen LogP contribution in [0.2, 0.25) is 5.02 Å². The monoisotopic (exact) mass is 373 g/mol. The number of methoxy groups -OCH3 is 1. The first-order valence-electron chi connectivity index (χ1n) is 8.00. The molecule has 0 aromatic heterocycles. The smallest absolute Gasteiger partial charge is 0.240 e. The Morgan fingerprint density at radius 3 is 2.65 bits per heavy atom. The number of hydrogen-bond donors (Lipinski definition) is 2. The summed E-state index contributed by atoms with van der Waals surface area (Å²) in [5.74, 6) is 0.115. The van der Waals surface area contributed by atoms with Crippen molar-refractivity contribution in [2.24, 2.45) is 5.10 Å². The summed E-state index contributed by atoms with van der Waals surface area (Å²) >= 11 is 5.88. The van der Waals surface area contributed by atoms with E-state index in [1.54, 1.807) is 31.4 Å². The van der Waals surface area contributed by atoms with Gasteiger partial charge in [-0.1, -0.05) is 23.7 Å². The van der Waals surface area contributed by atoms with Gasteiger partial charge in [0.05, 0.1) is 13.3 Å². The van der Waals surface area contributed by atoms with Crippen molar-refractivity contribution in [1.82, 2.24) is 5.43 Å². The first-order valence-corrected chi connectivity index (χ1v) is 8.37. The number of halogens is 1. The second-order valence-electron chi connectivity index (χ2n) is 5.58. The highest BCUT2D eigenvalue weighted by Crippen LogP contribution is 2.19. The molecule has 6 nitrogen and oxygen atoms in total. The fourth-order valence-corrected chi connectivity index (χ4v) is 2.39. The Labute approximate surface area is 157 Å². The van der Waals surface area contributed by atoms with Crippen LogP contribution in [0.5, 0.6) is 5.75 Å². The lowest BCUT2D eigenvalue weighted by atomic mass is 10.2. The molecule has 2 aromatic rings. The quantitative estimate of drug-likeness (QED) is 0.575. The van der Waals surface area contributed by atoms with Gasteiger partial charge in [0, 0.05) is 23.6 Å². The number of hydrazone groups is 1. The van der Waals surface area contributed by atoms with E-state index in [1.165, 1.54) is 6.21 Å². The summed E-state index contributed by atoms with van der Waals surface area (Å²) in [4.78, 5) is 23.7. The lowest BCUT2D eigenvalue weighted by Crippen LogP contribution is -2.20. The summed E-state index contributed by atoms with van der Waals surface area (Å²) in [5.41, 5.74) is 4.73. The van der Waals surface area contributed by atoms with E-state index in [-0.39, 0.29) is 24.7 Å². The fourth-order valence-electron chi connectivity index (χ4n) is 2.16. The minimum Gasteiger partial charge on any atom is -0.497 e. The van der Waals surface area contributed by atoms with E-state index >= 15 is 0 Å². The number of ether oxygens (including phenoxy) is 1. The number of aryl methyl sites for hydroxylation is 1. The highest BCUT2D eigenvalue weighted by molar-refractivity contribution is 6.30. The van der Waals surface area contributed by atoms with Gasteiger partial charge in [0.1, 0.15) is 5.75 Å². The Balaban J connectivity index is 1.77. The van der Waals surface area contributed by atoms with Crippen molar-refractivity contribution < 1.29 is 14.3 Å². The molecule has 0 fully saturated rings.